The summed E-state index contributed by atoms with van der Waals surface area (Å²) < 4.78 is 32.6. The fourth-order valence-electron chi connectivity index (χ4n) is 2.88. The van der Waals surface area contributed by atoms with Gasteiger partial charge in [-0.2, -0.15) is 4.31 Å². The predicted octanol–water partition coefficient (Wildman–Crippen LogP) is 3.22. The van der Waals surface area contributed by atoms with Crippen LogP contribution in [0.15, 0.2) is 29.2 Å². The Morgan fingerprint density at radius 2 is 1.68 bits per heavy atom. The van der Waals surface area contributed by atoms with Crippen LogP contribution in [0.5, 0.6) is 0 Å². The lowest BCUT2D eigenvalue weighted by Crippen LogP contribution is -2.48. The highest BCUT2D eigenvalue weighted by Crippen LogP contribution is 2.21. The Morgan fingerprint density at radius 1 is 1.09 bits per heavy atom. The number of ether oxygens (including phenoxy) is 1. The van der Waals surface area contributed by atoms with Crippen LogP contribution in [0.1, 0.15) is 45.6 Å². The van der Waals surface area contributed by atoms with E-state index in [1.165, 1.54) is 22.7 Å². The topological polar surface area (TPSA) is 46.6 Å². The molecule has 124 valence electrons. The molecule has 0 amide bonds. The summed E-state index contributed by atoms with van der Waals surface area (Å²) in [6.45, 7) is 6.85. The van der Waals surface area contributed by atoms with Crippen molar-refractivity contribution in [2.24, 2.45) is 0 Å². The molecule has 0 aromatic heterocycles. The fraction of sp³-hybridized carbons (Fsp3) is 0.647. The number of hydrogen-bond acceptors (Lipinski definition) is 3. The van der Waals surface area contributed by atoms with Crippen LogP contribution < -0.4 is 0 Å². The van der Waals surface area contributed by atoms with E-state index in [2.05, 4.69) is 6.92 Å². The molecular formula is C17H27NO3S. The molecule has 2 rings (SSSR count). The lowest BCUT2D eigenvalue weighted by molar-refractivity contribution is -0.0440. The van der Waals surface area contributed by atoms with E-state index in [-0.39, 0.29) is 12.2 Å². The molecule has 22 heavy (non-hydrogen) atoms. The highest BCUT2D eigenvalue weighted by molar-refractivity contribution is 7.89. The Bertz CT molecular complexity index is 558. The number of hydrogen-bond donors (Lipinski definition) is 0. The van der Waals surface area contributed by atoms with E-state index >= 15 is 0 Å². The maximum atomic E-state index is 12.7. The van der Waals surface area contributed by atoms with Gasteiger partial charge >= 0.3 is 0 Å². The van der Waals surface area contributed by atoms with E-state index in [1.54, 1.807) is 12.1 Å². The number of rotatable bonds is 6. The molecule has 1 fully saturated rings. The van der Waals surface area contributed by atoms with Gasteiger partial charge < -0.3 is 4.74 Å². The third kappa shape index (κ3) is 4.31. The first-order chi connectivity index (χ1) is 10.4. The van der Waals surface area contributed by atoms with Crippen molar-refractivity contribution in [3.8, 4) is 0 Å². The molecule has 1 aliphatic rings. The summed E-state index contributed by atoms with van der Waals surface area (Å²) >= 11 is 0. The molecule has 1 saturated heterocycles. The number of nitrogens with zero attached hydrogens (tertiary/aromatic N) is 1. The molecule has 5 heteroatoms. The van der Waals surface area contributed by atoms with Crippen molar-refractivity contribution in [2.75, 3.05) is 13.1 Å². The summed E-state index contributed by atoms with van der Waals surface area (Å²) in [5.41, 5.74) is 1.20. The van der Waals surface area contributed by atoms with Gasteiger partial charge in [-0.15, -0.1) is 0 Å². The van der Waals surface area contributed by atoms with Crippen LogP contribution in [-0.4, -0.2) is 38.0 Å². The van der Waals surface area contributed by atoms with Gasteiger partial charge in [0.15, 0.2) is 0 Å². The van der Waals surface area contributed by atoms with Crippen LogP contribution in [0.25, 0.3) is 0 Å². The van der Waals surface area contributed by atoms with Crippen molar-refractivity contribution in [2.45, 2.75) is 63.6 Å². The largest absolute Gasteiger partial charge is 0.373 e. The summed E-state index contributed by atoms with van der Waals surface area (Å²) in [5, 5.41) is 0. The van der Waals surface area contributed by atoms with E-state index < -0.39 is 10.0 Å². The zero-order chi connectivity index (χ0) is 16.2. The average molecular weight is 325 g/mol. The molecule has 0 N–H and O–H groups in total. The summed E-state index contributed by atoms with van der Waals surface area (Å²) in [5.74, 6) is 0. The lowest BCUT2D eigenvalue weighted by atomic mass is 10.1. The molecule has 0 bridgehead atoms. The third-order valence-corrected chi connectivity index (χ3v) is 5.86. The molecule has 2 atom stereocenters. The predicted molar refractivity (Wildman–Crippen MR) is 88.4 cm³/mol. The van der Waals surface area contributed by atoms with Crippen LogP contribution in [0.2, 0.25) is 0 Å². The average Bonchev–Trinajstić information content (AvgIpc) is 2.47. The van der Waals surface area contributed by atoms with E-state index in [0.717, 1.165) is 12.8 Å². The number of aryl methyl sites for hydroxylation is 1. The normalized spacial score (nSPS) is 23.6. The third-order valence-electron chi connectivity index (χ3n) is 4.02. The maximum absolute atomic E-state index is 12.7. The highest BCUT2D eigenvalue weighted by atomic mass is 32.2. The second-order valence-corrected chi connectivity index (χ2v) is 8.12. The summed E-state index contributed by atoms with van der Waals surface area (Å²) in [6.07, 6.45) is 4.45. The molecule has 0 saturated carbocycles. The number of unbranched alkanes of at least 4 members (excludes halogenated alkanes) is 2. The van der Waals surface area contributed by atoms with Gasteiger partial charge in [0.05, 0.1) is 17.1 Å². The van der Waals surface area contributed by atoms with E-state index in [9.17, 15) is 8.42 Å². The Kier molecular flexibility index (Phi) is 6.01. The van der Waals surface area contributed by atoms with Crippen molar-refractivity contribution < 1.29 is 13.2 Å². The van der Waals surface area contributed by atoms with Crippen LogP contribution in [-0.2, 0) is 21.2 Å². The molecule has 0 aliphatic carbocycles. The Balaban J connectivity index is 2.09. The second-order valence-electron chi connectivity index (χ2n) is 6.18. The van der Waals surface area contributed by atoms with Crippen LogP contribution in [0.3, 0.4) is 0 Å². The first kappa shape index (κ1) is 17.4. The first-order valence-electron chi connectivity index (χ1n) is 8.18. The molecule has 1 aromatic carbocycles. The van der Waals surface area contributed by atoms with Gasteiger partial charge in [-0.25, -0.2) is 8.42 Å². The van der Waals surface area contributed by atoms with Gasteiger partial charge in [0.25, 0.3) is 0 Å². The second kappa shape index (κ2) is 7.57. The van der Waals surface area contributed by atoms with Gasteiger partial charge in [-0.1, -0.05) is 31.9 Å². The number of morpholine rings is 1. The molecule has 0 spiro atoms. The minimum Gasteiger partial charge on any atom is -0.373 e. The molecule has 1 heterocycles. The Labute approximate surface area is 134 Å². The van der Waals surface area contributed by atoms with Crippen LogP contribution in [0, 0.1) is 0 Å². The minimum absolute atomic E-state index is 0.0631. The Morgan fingerprint density at radius 3 is 2.23 bits per heavy atom. The Hall–Kier alpha value is -0.910. The van der Waals surface area contributed by atoms with Crippen molar-refractivity contribution in [3.63, 3.8) is 0 Å². The SMILES string of the molecule is CCCCCc1ccc(S(=O)(=O)N2CC(C)OC(C)C2)cc1. The molecule has 4 nitrogen and oxygen atoms in total. The van der Waals surface area contributed by atoms with E-state index in [0.29, 0.717) is 18.0 Å². The molecular weight excluding hydrogens is 298 g/mol. The van der Waals surface area contributed by atoms with Gasteiger partial charge in [-0.3, -0.25) is 0 Å². The van der Waals surface area contributed by atoms with Crippen molar-refractivity contribution in [1.29, 1.82) is 0 Å². The van der Waals surface area contributed by atoms with Gasteiger partial charge in [-0.05, 0) is 44.4 Å². The standard InChI is InChI=1S/C17H27NO3S/c1-4-5-6-7-16-8-10-17(11-9-16)22(19,20)18-12-14(2)21-15(3)13-18/h8-11,14-15H,4-7,12-13H2,1-3H3. The van der Waals surface area contributed by atoms with E-state index in [4.69, 9.17) is 4.74 Å². The molecule has 0 radical (unpaired) electrons. The number of benzene rings is 1. The number of sulfonamides is 1. The van der Waals surface area contributed by atoms with Crippen LogP contribution in [0.4, 0.5) is 0 Å². The zero-order valence-corrected chi connectivity index (χ0v) is 14.6. The molecule has 1 aromatic rings. The highest BCUT2D eigenvalue weighted by Gasteiger charge is 2.32. The minimum atomic E-state index is -3.42. The van der Waals surface area contributed by atoms with Crippen molar-refractivity contribution in [1.82, 2.24) is 4.31 Å². The van der Waals surface area contributed by atoms with Gasteiger partial charge in [0.2, 0.25) is 10.0 Å². The summed E-state index contributed by atoms with van der Waals surface area (Å²) in [7, 11) is -3.42. The van der Waals surface area contributed by atoms with Crippen molar-refractivity contribution >= 4 is 10.0 Å². The molecule has 1 aliphatic heterocycles. The quantitative estimate of drug-likeness (QED) is 0.755. The fourth-order valence-corrected chi connectivity index (χ4v) is 4.47. The van der Waals surface area contributed by atoms with Crippen molar-refractivity contribution in [3.05, 3.63) is 29.8 Å². The first-order valence-corrected chi connectivity index (χ1v) is 9.62. The monoisotopic (exact) mass is 325 g/mol. The lowest BCUT2D eigenvalue weighted by Gasteiger charge is -2.34. The smallest absolute Gasteiger partial charge is 0.243 e. The zero-order valence-electron chi connectivity index (χ0n) is 13.8. The maximum Gasteiger partial charge on any atom is 0.243 e. The van der Waals surface area contributed by atoms with E-state index in [1.807, 2.05) is 26.0 Å². The molecule has 2 unspecified atom stereocenters. The van der Waals surface area contributed by atoms with Crippen LogP contribution >= 0.6 is 0 Å². The summed E-state index contributed by atoms with van der Waals surface area (Å²) in [4.78, 5) is 0.382. The van der Waals surface area contributed by atoms with Gasteiger partial charge in [0.1, 0.15) is 0 Å². The summed E-state index contributed by atoms with van der Waals surface area (Å²) in [6, 6.07) is 7.36. The van der Waals surface area contributed by atoms with Gasteiger partial charge in [0, 0.05) is 13.1 Å².